The normalized spacial score (nSPS) is 11.5. The Morgan fingerprint density at radius 3 is 2.41 bits per heavy atom. The third-order valence-electron chi connectivity index (χ3n) is 5.53. The topological polar surface area (TPSA) is 75.1 Å². The van der Waals surface area contributed by atoms with Crippen molar-refractivity contribution in [3.05, 3.63) is 95.4 Å². The van der Waals surface area contributed by atoms with Gasteiger partial charge in [0.15, 0.2) is 5.82 Å². The van der Waals surface area contributed by atoms with Crippen molar-refractivity contribution in [2.24, 2.45) is 0 Å². The number of aryl methyl sites for hydroxylation is 2. The molecule has 2 N–H and O–H groups in total. The van der Waals surface area contributed by atoms with Gasteiger partial charge in [0.25, 0.3) is 0 Å². The number of carbonyl (C=O) groups is 1. The van der Waals surface area contributed by atoms with Crippen molar-refractivity contribution >= 4 is 11.7 Å². The quantitative estimate of drug-likeness (QED) is 0.398. The van der Waals surface area contributed by atoms with Gasteiger partial charge >= 0.3 is 0 Å². The Morgan fingerprint density at radius 2 is 1.68 bits per heavy atom. The van der Waals surface area contributed by atoms with E-state index >= 15 is 0 Å². The van der Waals surface area contributed by atoms with Crippen LogP contribution < -0.4 is 5.32 Å². The number of hydrogen-bond donors (Lipinski definition) is 2. The second-order valence-electron chi connectivity index (χ2n) is 7.78. The molecular weight excluding hydrogens is 429 g/mol. The van der Waals surface area contributed by atoms with E-state index in [-0.39, 0.29) is 23.9 Å². The maximum Gasteiger partial charge on any atom is 0.230 e. The standard InChI is InChI=1S/C26H20FN3O2.C2H6/c27-19-9-6-16(7-10-19)14-23(32)29-26-24(17-4-2-1-3-5-17)30-25-21-12-11-20(31)15-18(21)8-13-22(25)28-26;1-2/h1-7,9-12,15,31H,8,13-14H2,(H,28,29,32);1-2H3. The summed E-state index contributed by atoms with van der Waals surface area (Å²) in [5.41, 5.74) is 5.67. The lowest BCUT2D eigenvalue weighted by Crippen LogP contribution is -2.18. The van der Waals surface area contributed by atoms with E-state index in [4.69, 9.17) is 9.97 Å². The number of aromatic nitrogens is 2. The molecule has 4 aromatic rings. The molecule has 0 atom stereocenters. The van der Waals surface area contributed by atoms with Gasteiger partial charge in [-0.25, -0.2) is 14.4 Å². The van der Waals surface area contributed by atoms with Crippen molar-refractivity contribution in [1.29, 1.82) is 0 Å². The molecule has 1 heterocycles. The molecule has 0 aliphatic heterocycles. The molecule has 0 bridgehead atoms. The number of halogens is 1. The van der Waals surface area contributed by atoms with E-state index < -0.39 is 0 Å². The summed E-state index contributed by atoms with van der Waals surface area (Å²) in [4.78, 5) is 22.5. The zero-order valence-electron chi connectivity index (χ0n) is 19.2. The maximum atomic E-state index is 13.2. The monoisotopic (exact) mass is 455 g/mol. The number of amides is 1. The predicted octanol–water partition coefficient (Wildman–Crippen LogP) is 5.96. The highest BCUT2D eigenvalue weighted by atomic mass is 19.1. The van der Waals surface area contributed by atoms with Crippen molar-refractivity contribution in [2.75, 3.05) is 5.32 Å². The fourth-order valence-electron chi connectivity index (χ4n) is 3.98. The van der Waals surface area contributed by atoms with E-state index in [2.05, 4.69) is 5.32 Å². The van der Waals surface area contributed by atoms with Crippen LogP contribution in [0.25, 0.3) is 22.5 Å². The van der Waals surface area contributed by atoms with Gasteiger partial charge in [-0.2, -0.15) is 0 Å². The number of benzene rings is 3. The molecule has 5 rings (SSSR count). The molecule has 34 heavy (non-hydrogen) atoms. The molecule has 1 aliphatic carbocycles. The number of phenols is 1. The first kappa shape index (κ1) is 23.1. The van der Waals surface area contributed by atoms with Crippen molar-refractivity contribution in [3.63, 3.8) is 0 Å². The first-order valence-electron chi connectivity index (χ1n) is 11.4. The lowest BCUT2D eigenvalue weighted by molar-refractivity contribution is -0.115. The molecule has 0 saturated carbocycles. The largest absolute Gasteiger partial charge is 0.508 e. The molecular formula is C28H26FN3O2. The Labute approximate surface area is 198 Å². The number of aromatic hydroxyl groups is 1. The number of carbonyl (C=O) groups excluding carboxylic acids is 1. The van der Waals surface area contributed by atoms with Crippen LogP contribution in [-0.2, 0) is 24.1 Å². The number of nitrogens with one attached hydrogen (secondary N) is 1. The number of hydrogen-bond acceptors (Lipinski definition) is 4. The van der Waals surface area contributed by atoms with E-state index in [0.29, 0.717) is 23.5 Å². The van der Waals surface area contributed by atoms with Crippen LogP contribution in [0.5, 0.6) is 5.75 Å². The SMILES string of the molecule is CC.O=C(Cc1ccc(F)cc1)Nc1nc2c(nc1-c1ccccc1)-c1ccc(O)cc1CC2. The second kappa shape index (κ2) is 10.3. The highest BCUT2D eigenvalue weighted by molar-refractivity contribution is 5.95. The molecule has 172 valence electrons. The molecule has 0 spiro atoms. The molecule has 5 nitrogen and oxygen atoms in total. The molecule has 0 fully saturated rings. The zero-order valence-corrected chi connectivity index (χ0v) is 19.2. The van der Waals surface area contributed by atoms with Gasteiger partial charge in [0, 0.05) is 11.1 Å². The highest BCUT2D eigenvalue weighted by Gasteiger charge is 2.23. The average Bonchev–Trinajstić information content (AvgIpc) is 2.86. The summed E-state index contributed by atoms with van der Waals surface area (Å²) in [7, 11) is 0. The lowest BCUT2D eigenvalue weighted by Gasteiger charge is -2.21. The highest BCUT2D eigenvalue weighted by Crippen LogP contribution is 2.36. The summed E-state index contributed by atoms with van der Waals surface area (Å²) in [6.07, 6.45) is 1.50. The van der Waals surface area contributed by atoms with E-state index in [1.54, 1.807) is 24.3 Å². The van der Waals surface area contributed by atoms with Crippen molar-refractivity contribution < 1.29 is 14.3 Å². The van der Waals surface area contributed by atoms with E-state index in [9.17, 15) is 14.3 Å². The number of nitrogens with zero attached hydrogens (tertiary/aromatic N) is 2. The molecule has 1 aromatic heterocycles. The first-order chi connectivity index (χ1) is 16.6. The Bertz CT molecular complexity index is 1310. The summed E-state index contributed by atoms with van der Waals surface area (Å²) in [5, 5.41) is 12.8. The van der Waals surface area contributed by atoms with Crippen LogP contribution in [-0.4, -0.2) is 21.0 Å². The summed E-state index contributed by atoms with van der Waals surface area (Å²) < 4.78 is 13.2. The first-order valence-corrected chi connectivity index (χ1v) is 11.4. The van der Waals surface area contributed by atoms with Gasteiger partial charge in [-0.05, 0) is 54.3 Å². The van der Waals surface area contributed by atoms with E-state index in [1.807, 2.05) is 50.2 Å². The van der Waals surface area contributed by atoms with Crippen LogP contribution in [0.1, 0.15) is 30.7 Å². The van der Waals surface area contributed by atoms with Gasteiger partial charge in [-0.3, -0.25) is 4.79 Å². The summed E-state index contributed by atoms with van der Waals surface area (Å²) in [6, 6.07) is 20.7. The third-order valence-corrected chi connectivity index (χ3v) is 5.53. The number of anilines is 1. The van der Waals surface area contributed by atoms with Gasteiger partial charge in [-0.1, -0.05) is 56.3 Å². The molecule has 1 aliphatic rings. The fourth-order valence-corrected chi connectivity index (χ4v) is 3.98. The minimum atomic E-state index is -0.338. The predicted molar refractivity (Wildman–Crippen MR) is 132 cm³/mol. The molecule has 0 saturated heterocycles. The molecule has 0 radical (unpaired) electrons. The smallest absolute Gasteiger partial charge is 0.230 e. The molecule has 3 aromatic carbocycles. The molecule has 1 amide bonds. The second-order valence-corrected chi connectivity index (χ2v) is 7.78. The van der Waals surface area contributed by atoms with Crippen LogP contribution in [0.15, 0.2) is 72.8 Å². The van der Waals surface area contributed by atoms with Crippen molar-refractivity contribution in [3.8, 4) is 28.3 Å². The van der Waals surface area contributed by atoms with Crippen LogP contribution in [0.4, 0.5) is 10.2 Å². The van der Waals surface area contributed by atoms with Crippen LogP contribution in [0.3, 0.4) is 0 Å². The summed E-state index contributed by atoms with van der Waals surface area (Å²) >= 11 is 0. The van der Waals surface area contributed by atoms with E-state index in [0.717, 1.165) is 34.5 Å². The number of fused-ring (bicyclic) bond motifs is 3. The van der Waals surface area contributed by atoms with Gasteiger partial charge in [0.1, 0.15) is 17.3 Å². The Balaban J connectivity index is 0.00000133. The van der Waals surface area contributed by atoms with Crippen LogP contribution in [0, 0.1) is 5.82 Å². The van der Waals surface area contributed by atoms with E-state index in [1.165, 1.54) is 12.1 Å². The maximum absolute atomic E-state index is 13.2. The van der Waals surface area contributed by atoms with Crippen LogP contribution in [0.2, 0.25) is 0 Å². The lowest BCUT2D eigenvalue weighted by atomic mass is 9.91. The zero-order chi connectivity index (χ0) is 24.1. The van der Waals surface area contributed by atoms with Crippen LogP contribution >= 0.6 is 0 Å². The Hall–Kier alpha value is -4.06. The minimum absolute atomic E-state index is 0.107. The molecule has 6 heteroatoms. The van der Waals surface area contributed by atoms with Gasteiger partial charge < -0.3 is 10.4 Å². The summed E-state index contributed by atoms with van der Waals surface area (Å²) in [5.74, 6) is 0.0521. The average molecular weight is 456 g/mol. The third kappa shape index (κ3) is 4.96. The number of phenolic OH excluding ortho intramolecular Hbond substituents is 1. The van der Waals surface area contributed by atoms with Gasteiger partial charge in [-0.15, -0.1) is 0 Å². The Morgan fingerprint density at radius 1 is 0.941 bits per heavy atom. The number of rotatable bonds is 4. The minimum Gasteiger partial charge on any atom is -0.508 e. The van der Waals surface area contributed by atoms with Crippen molar-refractivity contribution in [2.45, 2.75) is 33.1 Å². The van der Waals surface area contributed by atoms with Gasteiger partial charge in [0.05, 0.1) is 17.8 Å². The van der Waals surface area contributed by atoms with Gasteiger partial charge in [0.2, 0.25) is 5.91 Å². The molecule has 0 unspecified atom stereocenters. The fraction of sp³-hybridized carbons (Fsp3) is 0.179. The van der Waals surface area contributed by atoms with Crippen molar-refractivity contribution in [1.82, 2.24) is 9.97 Å². The summed E-state index contributed by atoms with van der Waals surface area (Å²) in [6.45, 7) is 4.00. The Kier molecular flexibility index (Phi) is 6.97.